The Morgan fingerprint density at radius 2 is 2.05 bits per heavy atom. The minimum Gasteiger partial charge on any atom is -0.379 e. The molecular formula is C17H24N2O3. The fraction of sp³-hybridized carbons (Fsp3) is 0.588. The first-order valence-electron chi connectivity index (χ1n) is 8.01. The maximum Gasteiger partial charge on any atom is 0.256 e. The number of morpholine rings is 1. The number of carbonyl (C=O) groups excluding carboxylic acids is 1. The van der Waals surface area contributed by atoms with Crippen molar-refractivity contribution in [3.63, 3.8) is 0 Å². The lowest BCUT2D eigenvalue weighted by molar-refractivity contribution is -0.133. The van der Waals surface area contributed by atoms with Gasteiger partial charge in [0.2, 0.25) is 0 Å². The highest BCUT2D eigenvalue weighted by Gasteiger charge is 2.37. The van der Waals surface area contributed by atoms with Crippen LogP contribution in [0.1, 0.15) is 25.3 Å². The predicted octanol–water partition coefficient (Wildman–Crippen LogP) is 2.03. The van der Waals surface area contributed by atoms with Crippen molar-refractivity contribution in [1.29, 1.82) is 0 Å². The summed E-state index contributed by atoms with van der Waals surface area (Å²) in [6.07, 6.45) is 1.73. The molecule has 1 aromatic carbocycles. The molecule has 2 saturated heterocycles. The Balaban J connectivity index is 1.69. The van der Waals surface area contributed by atoms with Crippen LogP contribution in [-0.4, -0.2) is 49.3 Å². The van der Waals surface area contributed by atoms with Gasteiger partial charge < -0.3 is 14.8 Å². The summed E-state index contributed by atoms with van der Waals surface area (Å²) in [5.41, 5.74) is 1.33. The fourth-order valence-corrected chi connectivity index (χ4v) is 2.99. The lowest BCUT2D eigenvalue weighted by Crippen LogP contribution is -2.40. The molecule has 1 unspecified atom stereocenters. The van der Waals surface area contributed by atoms with E-state index in [0.717, 1.165) is 56.9 Å². The van der Waals surface area contributed by atoms with Crippen LogP contribution in [0.25, 0.3) is 0 Å². The SMILES string of the molecule is CC1(C(=O)Nc2ccccc2CN2CCOCC2)CCCO1. The Morgan fingerprint density at radius 1 is 1.27 bits per heavy atom. The van der Waals surface area contributed by atoms with E-state index in [9.17, 15) is 4.79 Å². The van der Waals surface area contributed by atoms with Crippen LogP contribution in [0.2, 0.25) is 0 Å². The summed E-state index contributed by atoms with van der Waals surface area (Å²) in [6, 6.07) is 8.00. The van der Waals surface area contributed by atoms with Crippen LogP contribution in [0.5, 0.6) is 0 Å². The van der Waals surface area contributed by atoms with Crippen LogP contribution in [0.4, 0.5) is 5.69 Å². The van der Waals surface area contributed by atoms with Crippen LogP contribution in [0.3, 0.4) is 0 Å². The molecule has 2 heterocycles. The van der Waals surface area contributed by atoms with Gasteiger partial charge in [-0.05, 0) is 31.4 Å². The normalized spacial score (nSPS) is 26.0. The molecule has 1 N–H and O–H groups in total. The van der Waals surface area contributed by atoms with Gasteiger partial charge in [0.05, 0.1) is 13.2 Å². The number of ether oxygens (including phenoxy) is 2. The Hall–Kier alpha value is -1.43. The average molecular weight is 304 g/mol. The number of carbonyl (C=O) groups is 1. The monoisotopic (exact) mass is 304 g/mol. The molecule has 22 heavy (non-hydrogen) atoms. The van der Waals surface area contributed by atoms with Crippen molar-refractivity contribution in [3.8, 4) is 0 Å². The highest BCUT2D eigenvalue weighted by Crippen LogP contribution is 2.27. The Labute approximate surface area is 131 Å². The Kier molecular flexibility index (Phi) is 4.76. The van der Waals surface area contributed by atoms with Gasteiger partial charge in [0.25, 0.3) is 5.91 Å². The molecule has 2 aliphatic heterocycles. The van der Waals surface area contributed by atoms with Gasteiger partial charge in [-0.2, -0.15) is 0 Å². The number of nitrogens with one attached hydrogen (secondary N) is 1. The summed E-state index contributed by atoms with van der Waals surface area (Å²) in [4.78, 5) is 14.9. The smallest absolute Gasteiger partial charge is 0.256 e. The molecule has 0 spiro atoms. The van der Waals surface area contributed by atoms with Gasteiger partial charge in [-0.1, -0.05) is 18.2 Å². The van der Waals surface area contributed by atoms with Crippen molar-refractivity contribution >= 4 is 11.6 Å². The standard InChI is InChI=1S/C17H24N2O3/c1-17(7-4-10-22-17)16(20)18-15-6-3-2-5-14(15)13-19-8-11-21-12-9-19/h2-3,5-6H,4,7-13H2,1H3,(H,18,20). The number of anilines is 1. The molecule has 0 radical (unpaired) electrons. The van der Waals surface area contributed by atoms with Crippen LogP contribution < -0.4 is 5.32 Å². The molecule has 1 amide bonds. The third kappa shape index (κ3) is 3.48. The van der Waals surface area contributed by atoms with Crippen molar-refractivity contribution in [1.82, 2.24) is 4.90 Å². The molecule has 1 atom stereocenters. The first-order valence-corrected chi connectivity index (χ1v) is 8.01. The van der Waals surface area contributed by atoms with E-state index in [1.165, 1.54) is 0 Å². The maximum absolute atomic E-state index is 12.5. The summed E-state index contributed by atoms with van der Waals surface area (Å²) in [6.45, 7) is 6.80. The van der Waals surface area contributed by atoms with E-state index in [4.69, 9.17) is 9.47 Å². The number of benzene rings is 1. The first-order chi connectivity index (χ1) is 10.7. The number of hydrogen-bond acceptors (Lipinski definition) is 4. The molecule has 2 aliphatic rings. The van der Waals surface area contributed by atoms with Crippen LogP contribution >= 0.6 is 0 Å². The zero-order valence-electron chi connectivity index (χ0n) is 13.1. The van der Waals surface area contributed by atoms with Gasteiger partial charge >= 0.3 is 0 Å². The average Bonchev–Trinajstić information content (AvgIpc) is 2.98. The lowest BCUT2D eigenvalue weighted by Gasteiger charge is -2.28. The minimum absolute atomic E-state index is 0.0422. The molecule has 5 heteroatoms. The van der Waals surface area contributed by atoms with Gasteiger partial charge in [0, 0.05) is 31.9 Å². The van der Waals surface area contributed by atoms with Gasteiger partial charge in [-0.15, -0.1) is 0 Å². The molecule has 0 saturated carbocycles. The molecule has 0 bridgehead atoms. The Morgan fingerprint density at radius 3 is 2.77 bits per heavy atom. The summed E-state index contributed by atoms with van der Waals surface area (Å²) in [5, 5.41) is 3.06. The van der Waals surface area contributed by atoms with Crippen LogP contribution in [0.15, 0.2) is 24.3 Å². The first kappa shape index (κ1) is 15.5. The largest absolute Gasteiger partial charge is 0.379 e. The molecule has 0 aliphatic carbocycles. The molecule has 2 fully saturated rings. The number of nitrogens with zero attached hydrogens (tertiary/aromatic N) is 1. The van der Waals surface area contributed by atoms with E-state index in [-0.39, 0.29) is 5.91 Å². The number of para-hydroxylation sites is 1. The van der Waals surface area contributed by atoms with Gasteiger partial charge in [0.15, 0.2) is 0 Å². The topological polar surface area (TPSA) is 50.8 Å². The second-order valence-corrected chi connectivity index (χ2v) is 6.18. The van der Waals surface area contributed by atoms with E-state index in [1.807, 2.05) is 25.1 Å². The second kappa shape index (κ2) is 6.77. The quantitative estimate of drug-likeness (QED) is 0.925. The van der Waals surface area contributed by atoms with Crippen LogP contribution in [-0.2, 0) is 20.8 Å². The number of rotatable bonds is 4. The highest BCUT2D eigenvalue weighted by atomic mass is 16.5. The van der Waals surface area contributed by atoms with Crippen LogP contribution in [0, 0.1) is 0 Å². The number of hydrogen-bond donors (Lipinski definition) is 1. The number of amides is 1. The minimum atomic E-state index is -0.688. The van der Waals surface area contributed by atoms with Crippen molar-refractivity contribution in [2.24, 2.45) is 0 Å². The fourth-order valence-electron chi connectivity index (χ4n) is 2.99. The molecule has 3 rings (SSSR count). The van der Waals surface area contributed by atoms with E-state index in [0.29, 0.717) is 6.61 Å². The van der Waals surface area contributed by atoms with E-state index in [1.54, 1.807) is 0 Å². The molecule has 120 valence electrons. The molecule has 0 aromatic heterocycles. The van der Waals surface area contributed by atoms with Gasteiger partial charge in [0.1, 0.15) is 5.60 Å². The summed E-state index contributed by atoms with van der Waals surface area (Å²) in [7, 11) is 0. The van der Waals surface area contributed by atoms with E-state index < -0.39 is 5.60 Å². The second-order valence-electron chi connectivity index (χ2n) is 6.18. The van der Waals surface area contributed by atoms with Crippen molar-refractivity contribution in [2.75, 3.05) is 38.2 Å². The molecule has 5 nitrogen and oxygen atoms in total. The lowest BCUT2D eigenvalue weighted by atomic mass is 10.0. The summed E-state index contributed by atoms with van der Waals surface area (Å²) >= 11 is 0. The van der Waals surface area contributed by atoms with Crippen molar-refractivity contribution in [2.45, 2.75) is 31.9 Å². The Bertz CT molecular complexity index is 520. The summed E-state index contributed by atoms with van der Waals surface area (Å²) < 4.78 is 11.0. The van der Waals surface area contributed by atoms with E-state index >= 15 is 0 Å². The van der Waals surface area contributed by atoms with Gasteiger partial charge in [-0.3, -0.25) is 9.69 Å². The highest BCUT2D eigenvalue weighted by molar-refractivity contribution is 5.97. The zero-order valence-corrected chi connectivity index (χ0v) is 13.1. The predicted molar refractivity (Wildman–Crippen MR) is 84.8 cm³/mol. The van der Waals surface area contributed by atoms with Gasteiger partial charge in [-0.25, -0.2) is 0 Å². The summed E-state index contributed by atoms with van der Waals surface area (Å²) in [5.74, 6) is -0.0422. The maximum atomic E-state index is 12.5. The molecular weight excluding hydrogens is 280 g/mol. The van der Waals surface area contributed by atoms with Crippen molar-refractivity contribution < 1.29 is 14.3 Å². The zero-order chi connectivity index (χ0) is 15.4. The van der Waals surface area contributed by atoms with E-state index in [2.05, 4.69) is 16.3 Å². The third-order valence-corrected chi connectivity index (χ3v) is 4.46. The third-order valence-electron chi connectivity index (χ3n) is 4.46. The van der Waals surface area contributed by atoms with Crippen molar-refractivity contribution in [3.05, 3.63) is 29.8 Å². The molecule has 1 aromatic rings.